The molecule has 0 atom stereocenters. The molecule has 17 heavy (non-hydrogen) atoms. The average Bonchev–Trinajstić information content (AvgIpc) is 2.24. The number of nitrogens with two attached hydrogens (primary N) is 1. The van der Waals surface area contributed by atoms with Crippen molar-refractivity contribution in [3.8, 4) is 0 Å². The summed E-state index contributed by atoms with van der Waals surface area (Å²) in [6, 6.07) is 3.94. The van der Waals surface area contributed by atoms with E-state index in [1.54, 1.807) is 0 Å². The van der Waals surface area contributed by atoms with Crippen LogP contribution in [0.15, 0.2) is 28.8 Å². The SMILES string of the molecule is C=C(C)COCCNc1cc(C)c(N)cc1Br. The van der Waals surface area contributed by atoms with Gasteiger partial charge in [0.25, 0.3) is 0 Å². The summed E-state index contributed by atoms with van der Waals surface area (Å²) in [6.07, 6.45) is 0. The zero-order valence-corrected chi connectivity index (χ0v) is 11.9. The summed E-state index contributed by atoms with van der Waals surface area (Å²) in [6.45, 7) is 9.75. The number of benzene rings is 1. The molecule has 0 aliphatic rings. The molecule has 1 aromatic rings. The number of halogens is 1. The summed E-state index contributed by atoms with van der Waals surface area (Å²) >= 11 is 3.48. The van der Waals surface area contributed by atoms with Gasteiger partial charge in [0.15, 0.2) is 0 Å². The topological polar surface area (TPSA) is 47.3 Å². The summed E-state index contributed by atoms with van der Waals surface area (Å²) in [5, 5.41) is 3.30. The second-order valence-corrected chi connectivity index (χ2v) is 4.98. The Kier molecular flexibility index (Phi) is 5.51. The largest absolute Gasteiger partial charge is 0.398 e. The van der Waals surface area contributed by atoms with Crippen molar-refractivity contribution in [2.24, 2.45) is 0 Å². The molecule has 4 heteroatoms. The quantitative estimate of drug-likeness (QED) is 0.481. The number of nitrogens with one attached hydrogen (secondary N) is 1. The van der Waals surface area contributed by atoms with E-state index in [4.69, 9.17) is 10.5 Å². The normalized spacial score (nSPS) is 10.3. The highest BCUT2D eigenvalue weighted by molar-refractivity contribution is 9.10. The van der Waals surface area contributed by atoms with Crippen LogP contribution in [0, 0.1) is 6.92 Å². The third kappa shape index (κ3) is 4.79. The van der Waals surface area contributed by atoms with Crippen LogP contribution < -0.4 is 11.1 Å². The van der Waals surface area contributed by atoms with Crippen LogP contribution in [0.25, 0.3) is 0 Å². The predicted molar refractivity (Wildman–Crippen MR) is 77.4 cm³/mol. The molecule has 0 spiro atoms. The number of hydrogen-bond acceptors (Lipinski definition) is 3. The van der Waals surface area contributed by atoms with Crippen molar-refractivity contribution in [1.82, 2.24) is 0 Å². The molecule has 3 nitrogen and oxygen atoms in total. The van der Waals surface area contributed by atoms with Crippen molar-refractivity contribution in [3.05, 3.63) is 34.3 Å². The van der Waals surface area contributed by atoms with Crippen LogP contribution in [0.1, 0.15) is 12.5 Å². The summed E-state index contributed by atoms with van der Waals surface area (Å²) in [5.74, 6) is 0. The van der Waals surface area contributed by atoms with Crippen molar-refractivity contribution in [3.63, 3.8) is 0 Å². The molecule has 0 aliphatic heterocycles. The van der Waals surface area contributed by atoms with Gasteiger partial charge in [-0.1, -0.05) is 12.2 Å². The van der Waals surface area contributed by atoms with Gasteiger partial charge in [0.05, 0.1) is 13.2 Å². The first-order chi connectivity index (χ1) is 8.00. The lowest BCUT2D eigenvalue weighted by atomic mass is 10.2. The van der Waals surface area contributed by atoms with Gasteiger partial charge in [-0.2, -0.15) is 0 Å². The van der Waals surface area contributed by atoms with Crippen molar-refractivity contribution >= 4 is 27.3 Å². The highest BCUT2D eigenvalue weighted by Crippen LogP contribution is 2.27. The molecular weight excluding hydrogens is 280 g/mol. The molecule has 0 bridgehead atoms. The third-order valence-electron chi connectivity index (χ3n) is 2.27. The molecule has 0 fully saturated rings. The van der Waals surface area contributed by atoms with Gasteiger partial charge in [0, 0.05) is 22.4 Å². The monoisotopic (exact) mass is 298 g/mol. The second kappa shape index (κ2) is 6.67. The Hall–Kier alpha value is -1.00. The van der Waals surface area contributed by atoms with E-state index >= 15 is 0 Å². The van der Waals surface area contributed by atoms with Crippen molar-refractivity contribution in [1.29, 1.82) is 0 Å². The van der Waals surface area contributed by atoms with Gasteiger partial charge in [-0.25, -0.2) is 0 Å². The Morgan fingerprint density at radius 2 is 2.24 bits per heavy atom. The fraction of sp³-hybridized carbons (Fsp3) is 0.385. The summed E-state index contributed by atoms with van der Waals surface area (Å²) in [4.78, 5) is 0. The lowest BCUT2D eigenvalue weighted by Crippen LogP contribution is -2.11. The zero-order valence-electron chi connectivity index (χ0n) is 10.3. The van der Waals surface area contributed by atoms with E-state index in [1.807, 2.05) is 26.0 Å². The maximum Gasteiger partial charge on any atom is 0.0672 e. The number of anilines is 2. The first kappa shape index (κ1) is 14.1. The van der Waals surface area contributed by atoms with E-state index in [-0.39, 0.29) is 0 Å². The summed E-state index contributed by atoms with van der Waals surface area (Å²) in [5.41, 5.74) is 9.74. The molecular formula is C13H19BrN2O. The Morgan fingerprint density at radius 3 is 2.88 bits per heavy atom. The van der Waals surface area contributed by atoms with Gasteiger partial charge in [0.1, 0.15) is 0 Å². The fourth-order valence-electron chi connectivity index (χ4n) is 1.34. The first-order valence-electron chi connectivity index (χ1n) is 5.52. The summed E-state index contributed by atoms with van der Waals surface area (Å²) < 4.78 is 6.38. The van der Waals surface area contributed by atoms with Gasteiger partial charge >= 0.3 is 0 Å². The van der Waals surface area contributed by atoms with E-state index in [0.29, 0.717) is 13.2 Å². The van der Waals surface area contributed by atoms with Gasteiger partial charge < -0.3 is 15.8 Å². The molecule has 0 saturated carbocycles. The molecule has 0 unspecified atom stereocenters. The van der Waals surface area contributed by atoms with Crippen LogP contribution in [-0.2, 0) is 4.74 Å². The minimum atomic E-state index is 0.615. The molecule has 0 amide bonds. The number of hydrogen-bond donors (Lipinski definition) is 2. The molecule has 1 rings (SSSR count). The molecule has 94 valence electrons. The van der Waals surface area contributed by atoms with Gasteiger partial charge in [-0.3, -0.25) is 0 Å². The van der Waals surface area contributed by atoms with Gasteiger partial charge in [0.2, 0.25) is 0 Å². The molecule has 3 N–H and O–H groups in total. The fourth-order valence-corrected chi connectivity index (χ4v) is 1.84. The summed E-state index contributed by atoms with van der Waals surface area (Å²) in [7, 11) is 0. The van der Waals surface area contributed by atoms with E-state index in [2.05, 4.69) is 27.8 Å². The highest BCUT2D eigenvalue weighted by atomic mass is 79.9. The maximum atomic E-state index is 5.81. The van der Waals surface area contributed by atoms with Crippen LogP contribution in [-0.4, -0.2) is 19.8 Å². The van der Waals surface area contributed by atoms with E-state index < -0.39 is 0 Å². The second-order valence-electron chi connectivity index (χ2n) is 4.13. The molecule has 0 radical (unpaired) electrons. The first-order valence-corrected chi connectivity index (χ1v) is 6.31. The number of aryl methyl sites for hydroxylation is 1. The van der Waals surface area contributed by atoms with Crippen LogP contribution in [0.2, 0.25) is 0 Å². The maximum absolute atomic E-state index is 5.81. The standard InChI is InChI=1S/C13H19BrN2O/c1-9(2)8-17-5-4-16-13-6-10(3)12(15)7-11(13)14/h6-7,16H,1,4-5,8,15H2,2-3H3. The van der Waals surface area contributed by atoms with Crippen LogP contribution in [0.3, 0.4) is 0 Å². The van der Waals surface area contributed by atoms with Crippen LogP contribution in [0.4, 0.5) is 11.4 Å². The average molecular weight is 299 g/mol. The zero-order chi connectivity index (χ0) is 12.8. The number of nitrogen functional groups attached to an aromatic ring is 1. The number of rotatable bonds is 6. The lowest BCUT2D eigenvalue weighted by molar-refractivity contribution is 0.167. The van der Waals surface area contributed by atoms with Gasteiger partial charge in [-0.15, -0.1) is 0 Å². The highest BCUT2D eigenvalue weighted by Gasteiger charge is 2.02. The molecule has 0 heterocycles. The smallest absolute Gasteiger partial charge is 0.0672 e. The van der Waals surface area contributed by atoms with E-state index in [0.717, 1.165) is 33.5 Å². The molecule has 0 saturated heterocycles. The molecule has 1 aromatic carbocycles. The van der Waals surface area contributed by atoms with Crippen molar-refractivity contribution < 1.29 is 4.74 Å². The third-order valence-corrected chi connectivity index (χ3v) is 2.92. The lowest BCUT2D eigenvalue weighted by Gasteiger charge is -2.11. The van der Waals surface area contributed by atoms with Crippen molar-refractivity contribution in [2.45, 2.75) is 13.8 Å². The van der Waals surface area contributed by atoms with Crippen molar-refractivity contribution in [2.75, 3.05) is 30.8 Å². The van der Waals surface area contributed by atoms with Crippen LogP contribution >= 0.6 is 15.9 Å². The minimum absolute atomic E-state index is 0.615. The van der Waals surface area contributed by atoms with E-state index in [1.165, 1.54) is 0 Å². The van der Waals surface area contributed by atoms with Gasteiger partial charge in [-0.05, 0) is 47.5 Å². The Morgan fingerprint density at radius 1 is 1.53 bits per heavy atom. The van der Waals surface area contributed by atoms with Crippen LogP contribution in [0.5, 0.6) is 0 Å². The Labute approximate surface area is 111 Å². The predicted octanol–water partition coefficient (Wildman–Crippen LogP) is 3.34. The Balaban J connectivity index is 2.41. The molecule has 0 aliphatic carbocycles. The molecule has 0 aromatic heterocycles. The minimum Gasteiger partial charge on any atom is -0.398 e. The van der Waals surface area contributed by atoms with E-state index in [9.17, 15) is 0 Å². The number of ether oxygens (including phenoxy) is 1. The Bertz CT molecular complexity index is 405.